The van der Waals surface area contributed by atoms with Crippen molar-refractivity contribution in [3.8, 4) is 5.75 Å². The predicted octanol–water partition coefficient (Wildman–Crippen LogP) is 3.10. The van der Waals surface area contributed by atoms with Crippen molar-refractivity contribution in [2.24, 2.45) is 0 Å². The second-order valence-electron chi connectivity index (χ2n) is 7.22. The lowest BCUT2D eigenvalue weighted by Crippen LogP contribution is -2.47. The Morgan fingerprint density at radius 3 is 2.61 bits per heavy atom. The summed E-state index contributed by atoms with van der Waals surface area (Å²) in [5.74, 6) is -1.79. The zero-order valence-electron chi connectivity index (χ0n) is 17.5. The van der Waals surface area contributed by atoms with Crippen LogP contribution in [-0.4, -0.2) is 17.9 Å². The van der Waals surface area contributed by atoms with E-state index >= 15 is 0 Å². The highest BCUT2D eigenvalue weighted by Crippen LogP contribution is 2.21. The molecule has 0 spiro atoms. The van der Waals surface area contributed by atoms with Gasteiger partial charge in [0.15, 0.2) is 17.7 Å². The molecule has 0 radical (unpaired) electrons. The Hall–Kier alpha value is -3.68. The van der Waals surface area contributed by atoms with Crippen molar-refractivity contribution in [1.29, 1.82) is 0 Å². The molecule has 0 fully saturated rings. The first-order valence-corrected chi connectivity index (χ1v) is 9.79. The first kappa shape index (κ1) is 22.0. The van der Waals surface area contributed by atoms with E-state index in [1.54, 1.807) is 12.1 Å². The Bertz CT molecular complexity index is 1190. The van der Waals surface area contributed by atoms with E-state index in [0.717, 1.165) is 16.5 Å². The van der Waals surface area contributed by atoms with E-state index in [4.69, 9.17) is 9.15 Å². The van der Waals surface area contributed by atoms with Gasteiger partial charge in [0.25, 0.3) is 5.91 Å². The van der Waals surface area contributed by atoms with Gasteiger partial charge in [0.05, 0.1) is 0 Å². The monoisotopic (exact) mass is 426 g/mol. The van der Waals surface area contributed by atoms with Crippen molar-refractivity contribution < 1.29 is 23.1 Å². The number of para-hydroxylation sites is 1. The number of rotatable bonds is 6. The van der Waals surface area contributed by atoms with Crippen molar-refractivity contribution in [1.82, 2.24) is 10.9 Å². The molecule has 0 bridgehead atoms. The third-order valence-electron chi connectivity index (χ3n) is 4.88. The second-order valence-corrected chi connectivity index (χ2v) is 7.22. The molecule has 1 heterocycles. The molecule has 1 aromatic heterocycles. The molecule has 8 heteroatoms. The number of carbonyl (C=O) groups excluding carboxylic acids is 2. The molecule has 0 saturated heterocycles. The third-order valence-corrected chi connectivity index (χ3v) is 4.88. The summed E-state index contributed by atoms with van der Waals surface area (Å²) in [6.07, 6.45) is -0.914. The molecule has 31 heavy (non-hydrogen) atoms. The van der Waals surface area contributed by atoms with Gasteiger partial charge in [-0.15, -0.1) is 0 Å². The highest BCUT2D eigenvalue weighted by molar-refractivity contribution is 5.85. The van der Waals surface area contributed by atoms with Crippen molar-refractivity contribution in [2.45, 2.75) is 39.7 Å². The summed E-state index contributed by atoms with van der Waals surface area (Å²) in [6.45, 7) is 5.15. The molecule has 3 aromatic rings. The Morgan fingerprint density at radius 1 is 1.13 bits per heavy atom. The van der Waals surface area contributed by atoms with E-state index in [9.17, 15) is 18.8 Å². The van der Waals surface area contributed by atoms with E-state index < -0.39 is 29.4 Å². The lowest BCUT2D eigenvalue weighted by atomic mass is 10.0. The Balaban J connectivity index is 1.56. The molecule has 1 atom stereocenters. The molecule has 2 N–H and O–H groups in total. The lowest BCUT2D eigenvalue weighted by Gasteiger charge is -2.15. The van der Waals surface area contributed by atoms with Gasteiger partial charge in [0.2, 0.25) is 5.91 Å². The van der Waals surface area contributed by atoms with Crippen LogP contribution in [-0.2, 0) is 16.0 Å². The highest BCUT2D eigenvalue weighted by atomic mass is 19.1. The number of hydrazine groups is 1. The normalized spacial score (nSPS) is 11.7. The maximum atomic E-state index is 13.6. The summed E-state index contributed by atoms with van der Waals surface area (Å²) in [6, 6.07) is 11.3. The number of benzene rings is 2. The Kier molecular flexibility index (Phi) is 6.69. The van der Waals surface area contributed by atoms with Crippen molar-refractivity contribution in [2.75, 3.05) is 0 Å². The average Bonchev–Trinajstić information content (AvgIpc) is 2.73. The van der Waals surface area contributed by atoms with Crippen molar-refractivity contribution in [3.63, 3.8) is 0 Å². The van der Waals surface area contributed by atoms with Gasteiger partial charge in [-0.2, -0.15) is 0 Å². The zero-order chi connectivity index (χ0) is 22.5. The summed E-state index contributed by atoms with van der Waals surface area (Å²) < 4.78 is 24.2. The molecule has 3 rings (SSSR count). The first-order valence-electron chi connectivity index (χ1n) is 9.79. The smallest absolute Gasteiger partial charge is 0.339 e. The van der Waals surface area contributed by atoms with E-state index in [2.05, 4.69) is 10.9 Å². The maximum Gasteiger partial charge on any atom is 0.339 e. The topological polar surface area (TPSA) is 97.6 Å². The molecule has 2 aromatic carbocycles. The van der Waals surface area contributed by atoms with Gasteiger partial charge in [-0.05, 0) is 56.5 Å². The number of aryl methyl sites for hydroxylation is 2. The van der Waals surface area contributed by atoms with E-state index in [1.807, 2.05) is 26.0 Å². The molecular weight excluding hydrogens is 403 g/mol. The summed E-state index contributed by atoms with van der Waals surface area (Å²) in [7, 11) is 0. The van der Waals surface area contributed by atoms with E-state index in [1.165, 1.54) is 25.1 Å². The third kappa shape index (κ3) is 5.28. The number of hydrogen-bond donors (Lipinski definition) is 2. The van der Waals surface area contributed by atoms with Crippen LogP contribution in [0.25, 0.3) is 11.0 Å². The maximum absolute atomic E-state index is 13.6. The quantitative estimate of drug-likeness (QED) is 0.466. The van der Waals surface area contributed by atoms with Gasteiger partial charge >= 0.3 is 5.63 Å². The number of nitrogens with one attached hydrogen (secondary N) is 2. The summed E-state index contributed by atoms with van der Waals surface area (Å²) in [5.41, 5.74) is 6.68. The molecule has 0 saturated carbocycles. The van der Waals surface area contributed by atoms with Crippen LogP contribution < -0.4 is 21.2 Å². The van der Waals surface area contributed by atoms with Crippen LogP contribution in [0.3, 0.4) is 0 Å². The number of ether oxygens (including phenoxy) is 1. The van der Waals surface area contributed by atoms with E-state index in [-0.39, 0.29) is 18.6 Å². The fraction of sp³-hybridized carbons (Fsp3) is 0.261. The number of hydrogen-bond acceptors (Lipinski definition) is 5. The fourth-order valence-corrected chi connectivity index (χ4v) is 3.11. The standard InChI is InChI=1S/C23H23FN2O5/c1-13-8-9-16-14(2)17(23(29)31-20(16)12-13)10-11-21(27)25-26-22(28)15(3)30-19-7-5-4-6-18(19)24/h4-9,12,15H,10-11H2,1-3H3,(H,25,27)(H,26,28). The summed E-state index contributed by atoms with van der Waals surface area (Å²) in [5, 5.41) is 0.813. The van der Waals surface area contributed by atoms with Crippen LogP contribution in [0.2, 0.25) is 0 Å². The first-order chi connectivity index (χ1) is 14.8. The van der Waals surface area contributed by atoms with Gasteiger partial charge in [-0.25, -0.2) is 9.18 Å². The lowest BCUT2D eigenvalue weighted by molar-refractivity contribution is -0.132. The van der Waals surface area contributed by atoms with Crippen LogP contribution in [0.1, 0.15) is 30.0 Å². The zero-order valence-corrected chi connectivity index (χ0v) is 17.5. The SMILES string of the molecule is Cc1ccc2c(C)c(CCC(=O)NNC(=O)C(C)Oc3ccccc3F)c(=O)oc2c1. The molecule has 2 amide bonds. The number of halogens is 1. The fourth-order valence-electron chi connectivity index (χ4n) is 3.11. The van der Waals surface area contributed by atoms with Crippen LogP contribution in [0.5, 0.6) is 5.75 Å². The van der Waals surface area contributed by atoms with Crippen molar-refractivity contribution >= 4 is 22.8 Å². The Labute approximate surface area is 178 Å². The minimum Gasteiger partial charge on any atom is -0.478 e. The van der Waals surface area contributed by atoms with Gasteiger partial charge < -0.3 is 9.15 Å². The van der Waals surface area contributed by atoms with Gasteiger partial charge in [-0.3, -0.25) is 20.4 Å². The molecule has 7 nitrogen and oxygen atoms in total. The van der Waals surface area contributed by atoms with Gasteiger partial charge in [-0.1, -0.05) is 24.3 Å². The van der Waals surface area contributed by atoms with Crippen LogP contribution in [0.15, 0.2) is 51.7 Å². The van der Waals surface area contributed by atoms with Crippen LogP contribution in [0.4, 0.5) is 4.39 Å². The molecule has 162 valence electrons. The van der Waals surface area contributed by atoms with Crippen molar-refractivity contribution in [3.05, 3.63) is 75.4 Å². The molecule has 1 unspecified atom stereocenters. The molecule has 0 aliphatic heterocycles. The molecular formula is C23H23FN2O5. The van der Waals surface area contributed by atoms with Gasteiger partial charge in [0.1, 0.15) is 5.58 Å². The predicted molar refractivity (Wildman–Crippen MR) is 113 cm³/mol. The number of amides is 2. The second kappa shape index (κ2) is 9.42. The number of carbonyl (C=O) groups is 2. The highest BCUT2D eigenvalue weighted by Gasteiger charge is 2.18. The molecule has 0 aliphatic rings. The van der Waals surface area contributed by atoms with Gasteiger partial charge in [0, 0.05) is 17.4 Å². The van der Waals surface area contributed by atoms with E-state index in [0.29, 0.717) is 11.1 Å². The van der Waals surface area contributed by atoms with Crippen LogP contribution >= 0.6 is 0 Å². The minimum atomic E-state index is -1.03. The molecule has 0 aliphatic carbocycles. The number of fused-ring (bicyclic) bond motifs is 1. The van der Waals surface area contributed by atoms with Crippen LogP contribution in [0, 0.1) is 19.7 Å². The summed E-state index contributed by atoms with van der Waals surface area (Å²) in [4.78, 5) is 36.5. The summed E-state index contributed by atoms with van der Waals surface area (Å²) >= 11 is 0. The minimum absolute atomic E-state index is 0.0359. The largest absolute Gasteiger partial charge is 0.478 e. The Morgan fingerprint density at radius 2 is 1.87 bits per heavy atom. The average molecular weight is 426 g/mol.